The normalized spacial score (nSPS) is 12.0. The summed E-state index contributed by atoms with van der Waals surface area (Å²) in [6.07, 6.45) is -1.93. The number of pyridine rings is 1. The Morgan fingerprint density at radius 2 is 1.96 bits per heavy atom. The van der Waals surface area contributed by atoms with Gasteiger partial charge in [0, 0.05) is 19.8 Å². The molecule has 2 aromatic rings. The van der Waals surface area contributed by atoms with Crippen molar-refractivity contribution in [3.05, 3.63) is 58.9 Å². The van der Waals surface area contributed by atoms with Gasteiger partial charge in [-0.15, -0.1) is 0 Å². The highest BCUT2D eigenvalue weighted by Crippen LogP contribution is 2.31. The predicted octanol–water partition coefficient (Wildman–Crippen LogP) is 3.54. The van der Waals surface area contributed by atoms with Crippen molar-refractivity contribution >= 4 is 17.6 Å². The van der Waals surface area contributed by atoms with Gasteiger partial charge in [-0.2, -0.15) is 13.2 Å². The first-order valence-corrected chi connectivity index (χ1v) is 8.61. The highest BCUT2D eigenvalue weighted by Gasteiger charge is 2.30. The van der Waals surface area contributed by atoms with Crippen LogP contribution in [0.3, 0.4) is 0 Å². The largest absolute Gasteiger partial charge is 0.492 e. The van der Waals surface area contributed by atoms with E-state index in [9.17, 15) is 13.2 Å². The van der Waals surface area contributed by atoms with Crippen LogP contribution >= 0.6 is 11.6 Å². The molecule has 0 aliphatic carbocycles. The summed E-state index contributed by atoms with van der Waals surface area (Å²) >= 11 is 5.74. The Morgan fingerprint density at radius 1 is 1.19 bits per heavy atom. The Labute approximate surface area is 160 Å². The zero-order valence-corrected chi connectivity index (χ0v) is 15.4. The van der Waals surface area contributed by atoms with Gasteiger partial charge in [-0.25, -0.2) is 4.98 Å². The van der Waals surface area contributed by atoms with Crippen LogP contribution in [0.2, 0.25) is 5.15 Å². The van der Waals surface area contributed by atoms with Crippen LogP contribution in [0, 0.1) is 0 Å². The molecule has 1 heterocycles. The summed E-state index contributed by atoms with van der Waals surface area (Å²) in [4.78, 5) is 8.09. The van der Waals surface area contributed by atoms with Gasteiger partial charge in [-0.3, -0.25) is 4.99 Å². The fourth-order valence-electron chi connectivity index (χ4n) is 2.20. The van der Waals surface area contributed by atoms with E-state index in [2.05, 4.69) is 20.6 Å². The highest BCUT2D eigenvalue weighted by atomic mass is 35.5. The maximum absolute atomic E-state index is 12.7. The van der Waals surface area contributed by atoms with E-state index in [0.29, 0.717) is 24.2 Å². The standard InChI is InChI=1S/C18H20ClF3N4O/c1-23-17(24-8-7-13-5-6-16(19)26-12-13)25-9-10-27-15-4-2-3-14(11-15)18(20,21)22/h2-6,11-12H,7-10H2,1H3,(H2,23,24,25). The van der Waals surface area contributed by atoms with Crippen molar-refractivity contribution in [3.63, 3.8) is 0 Å². The van der Waals surface area contributed by atoms with E-state index in [1.165, 1.54) is 12.1 Å². The minimum absolute atomic E-state index is 0.171. The van der Waals surface area contributed by atoms with Gasteiger partial charge in [0.25, 0.3) is 0 Å². The van der Waals surface area contributed by atoms with Gasteiger partial charge in [-0.05, 0) is 36.2 Å². The number of alkyl halides is 3. The Balaban J connectivity index is 1.69. The number of ether oxygens (including phenoxy) is 1. The average Bonchev–Trinajstić information content (AvgIpc) is 2.65. The first kappa shape index (κ1) is 20.8. The van der Waals surface area contributed by atoms with Crippen LogP contribution in [0.15, 0.2) is 47.6 Å². The van der Waals surface area contributed by atoms with Crippen LogP contribution in [-0.2, 0) is 12.6 Å². The van der Waals surface area contributed by atoms with E-state index in [0.717, 1.165) is 24.1 Å². The molecule has 2 rings (SSSR count). The summed E-state index contributed by atoms with van der Waals surface area (Å²) in [5.74, 6) is 0.745. The molecule has 0 radical (unpaired) electrons. The molecule has 2 N–H and O–H groups in total. The van der Waals surface area contributed by atoms with Gasteiger partial charge >= 0.3 is 6.18 Å². The molecule has 0 saturated carbocycles. The molecule has 9 heteroatoms. The monoisotopic (exact) mass is 400 g/mol. The van der Waals surface area contributed by atoms with Crippen LogP contribution in [0.4, 0.5) is 13.2 Å². The molecule has 0 unspecified atom stereocenters. The summed E-state index contributed by atoms with van der Waals surface area (Å²) in [5, 5.41) is 6.62. The van der Waals surface area contributed by atoms with Crippen molar-refractivity contribution < 1.29 is 17.9 Å². The third-order valence-corrected chi connectivity index (χ3v) is 3.77. The molecule has 5 nitrogen and oxygen atoms in total. The van der Waals surface area contributed by atoms with Crippen molar-refractivity contribution in [2.75, 3.05) is 26.7 Å². The summed E-state index contributed by atoms with van der Waals surface area (Å²) < 4.78 is 43.4. The molecular formula is C18H20ClF3N4O. The van der Waals surface area contributed by atoms with Crippen molar-refractivity contribution in [3.8, 4) is 5.75 Å². The maximum atomic E-state index is 12.7. The molecule has 0 atom stereocenters. The molecule has 1 aromatic carbocycles. The zero-order valence-electron chi connectivity index (χ0n) is 14.7. The second-order valence-corrected chi connectivity index (χ2v) is 5.93. The lowest BCUT2D eigenvalue weighted by Crippen LogP contribution is -2.40. The number of rotatable bonds is 7. The first-order valence-electron chi connectivity index (χ1n) is 8.23. The minimum Gasteiger partial charge on any atom is -0.492 e. The number of aromatic nitrogens is 1. The molecule has 1 aromatic heterocycles. The maximum Gasteiger partial charge on any atom is 0.416 e. The summed E-state index contributed by atoms with van der Waals surface area (Å²) in [6, 6.07) is 8.42. The topological polar surface area (TPSA) is 58.5 Å². The predicted molar refractivity (Wildman–Crippen MR) is 99.3 cm³/mol. The van der Waals surface area contributed by atoms with Crippen molar-refractivity contribution in [2.45, 2.75) is 12.6 Å². The summed E-state index contributed by atoms with van der Waals surface area (Å²) in [5.41, 5.74) is 0.303. The SMILES string of the molecule is CN=C(NCCOc1cccc(C(F)(F)F)c1)NCCc1ccc(Cl)nc1. The number of halogens is 4. The summed E-state index contributed by atoms with van der Waals surface area (Å²) in [7, 11) is 1.63. The van der Waals surface area contributed by atoms with Crippen LogP contribution in [0.25, 0.3) is 0 Å². The second kappa shape index (κ2) is 10.0. The van der Waals surface area contributed by atoms with Crippen LogP contribution in [0.5, 0.6) is 5.75 Å². The lowest BCUT2D eigenvalue weighted by atomic mass is 10.2. The van der Waals surface area contributed by atoms with Crippen molar-refractivity contribution in [1.82, 2.24) is 15.6 Å². The van der Waals surface area contributed by atoms with E-state index in [1.54, 1.807) is 19.3 Å². The third kappa shape index (κ3) is 7.34. The molecule has 27 heavy (non-hydrogen) atoms. The first-order chi connectivity index (χ1) is 12.9. The molecule has 0 spiro atoms. The average molecular weight is 401 g/mol. The number of nitrogens with zero attached hydrogens (tertiary/aromatic N) is 2. The number of hydrogen-bond donors (Lipinski definition) is 2. The lowest BCUT2D eigenvalue weighted by molar-refractivity contribution is -0.137. The third-order valence-electron chi connectivity index (χ3n) is 3.54. The smallest absolute Gasteiger partial charge is 0.416 e. The Hall–Kier alpha value is -2.48. The molecule has 0 saturated heterocycles. The zero-order chi connectivity index (χ0) is 19.7. The fraction of sp³-hybridized carbons (Fsp3) is 0.333. The van der Waals surface area contributed by atoms with Gasteiger partial charge < -0.3 is 15.4 Å². The quantitative estimate of drug-likeness (QED) is 0.323. The Kier molecular flexibility index (Phi) is 7.72. The highest BCUT2D eigenvalue weighted by molar-refractivity contribution is 6.29. The Bertz CT molecular complexity index is 751. The fourth-order valence-corrected chi connectivity index (χ4v) is 2.31. The van der Waals surface area contributed by atoms with Crippen molar-refractivity contribution in [1.29, 1.82) is 0 Å². The van der Waals surface area contributed by atoms with E-state index in [4.69, 9.17) is 16.3 Å². The molecule has 0 aliphatic rings. The number of aliphatic imine (C=N–C) groups is 1. The van der Waals surface area contributed by atoms with E-state index < -0.39 is 11.7 Å². The van der Waals surface area contributed by atoms with Crippen molar-refractivity contribution in [2.24, 2.45) is 4.99 Å². The minimum atomic E-state index is -4.39. The van der Waals surface area contributed by atoms with Crippen LogP contribution in [-0.4, -0.2) is 37.7 Å². The number of nitrogens with one attached hydrogen (secondary N) is 2. The summed E-state index contributed by atoms with van der Waals surface area (Å²) in [6.45, 7) is 1.22. The molecule has 0 fully saturated rings. The van der Waals surface area contributed by atoms with E-state index in [1.807, 2.05) is 6.07 Å². The molecule has 0 amide bonds. The second-order valence-electron chi connectivity index (χ2n) is 5.54. The van der Waals surface area contributed by atoms with E-state index in [-0.39, 0.29) is 12.4 Å². The van der Waals surface area contributed by atoms with Gasteiger partial charge in [-0.1, -0.05) is 23.7 Å². The number of hydrogen-bond acceptors (Lipinski definition) is 3. The van der Waals surface area contributed by atoms with Gasteiger partial charge in [0.1, 0.15) is 17.5 Å². The molecule has 146 valence electrons. The molecule has 0 bridgehead atoms. The van der Waals surface area contributed by atoms with Gasteiger partial charge in [0.2, 0.25) is 0 Å². The molecular weight excluding hydrogens is 381 g/mol. The Morgan fingerprint density at radius 3 is 2.63 bits per heavy atom. The molecule has 0 aliphatic heterocycles. The number of guanidine groups is 1. The van der Waals surface area contributed by atoms with Crippen LogP contribution in [0.1, 0.15) is 11.1 Å². The van der Waals surface area contributed by atoms with Gasteiger partial charge in [0.05, 0.1) is 12.1 Å². The number of benzene rings is 1. The van der Waals surface area contributed by atoms with Crippen LogP contribution < -0.4 is 15.4 Å². The lowest BCUT2D eigenvalue weighted by Gasteiger charge is -2.13. The van der Waals surface area contributed by atoms with Gasteiger partial charge in [0.15, 0.2) is 5.96 Å². The van der Waals surface area contributed by atoms with E-state index >= 15 is 0 Å².